The molecule has 0 amide bonds. The van der Waals surface area contributed by atoms with Gasteiger partial charge < -0.3 is 0 Å². The third-order valence-corrected chi connectivity index (χ3v) is 3.13. The second-order valence-electron chi connectivity index (χ2n) is 2.99. The van der Waals surface area contributed by atoms with Crippen LogP contribution in [0, 0.1) is 0 Å². The molecule has 2 nitrogen and oxygen atoms in total. The largest absolute Gasteiger partial charge is 0.296 e. The topological polar surface area (TPSA) is 34.1 Å². The molecule has 15 heavy (non-hydrogen) atoms. The molecule has 0 spiro atoms. The van der Waals surface area contributed by atoms with Crippen molar-refractivity contribution in [2.24, 2.45) is 0 Å². The molecular weight excluding hydrogens is 222 g/mol. The number of hydrogen-bond donors (Lipinski definition) is 0. The van der Waals surface area contributed by atoms with E-state index in [4.69, 9.17) is 0 Å². The van der Waals surface area contributed by atoms with E-state index in [2.05, 4.69) is 0 Å². The zero-order valence-corrected chi connectivity index (χ0v) is 8.94. The average Bonchev–Trinajstić information content (AvgIpc) is 2.65. The average molecular weight is 232 g/mol. The summed E-state index contributed by atoms with van der Waals surface area (Å²) in [4.78, 5) is 23.4. The molecule has 0 aliphatic carbocycles. The maximum Gasteiger partial charge on any atom is 0.296 e. The van der Waals surface area contributed by atoms with Crippen LogP contribution in [0.15, 0.2) is 12.1 Å². The van der Waals surface area contributed by atoms with Crippen LogP contribution in [0.4, 0.5) is 8.78 Å². The Bertz CT molecular complexity index is 371. The Morgan fingerprint density at radius 2 is 2.07 bits per heavy atom. The van der Waals surface area contributed by atoms with Crippen molar-refractivity contribution in [3.05, 3.63) is 21.9 Å². The van der Waals surface area contributed by atoms with Gasteiger partial charge in [-0.05, 0) is 18.6 Å². The van der Waals surface area contributed by atoms with Gasteiger partial charge in [-0.2, -0.15) is 0 Å². The van der Waals surface area contributed by atoms with Crippen molar-refractivity contribution < 1.29 is 18.4 Å². The second-order valence-corrected chi connectivity index (χ2v) is 4.15. The summed E-state index contributed by atoms with van der Waals surface area (Å²) in [5.74, 6) is -1.84. The normalized spacial score (nSPS) is 10.7. The number of carbonyl (C=O) groups is 2. The van der Waals surface area contributed by atoms with E-state index >= 15 is 0 Å². The Labute approximate surface area is 89.9 Å². The van der Waals surface area contributed by atoms with Crippen LogP contribution in [-0.2, 0) is 11.2 Å². The molecule has 0 aliphatic rings. The Morgan fingerprint density at radius 3 is 2.53 bits per heavy atom. The minimum absolute atomic E-state index is 0.376. The first-order chi connectivity index (χ1) is 7.04. The van der Waals surface area contributed by atoms with Crippen molar-refractivity contribution >= 4 is 22.9 Å². The van der Waals surface area contributed by atoms with E-state index in [1.165, 1.54) is 11.3 Å². The fraction of sp³-hybridized carbons (Fsp3) is 0.400. The number of ketones is 2. The van der Waals surface area contributed by atoms with Crippen LogP contribution in [0.3, 0.4) is 0 Å². The lowest BCUT2D eigenvalue weighted by Gasteiger charge is -1.96. The smallest absolute Gasteiger partial charge is 0.293 e. The molecule has 1 aromatic heterocycles. The van der Waals surface area contributed by atoms with Gasteiger partial charge in [0.1, 0.15) is 0 Å². The van der Waals surface area contributed by atoms with Gasteiger partial charge in [0.25, 0.3) is 6.43 Å². The minimum Gasteiger partial charge on any atom is -0.293 e. The number of halogens is 2. The fourth-order valence-corrected chi connectivity index (χ4v) is 1.93. The van der Waals surface area contributed by atoms with Gasteiger partial charge in [0.15, 0.2) is 5.78 Å². The molecule has 1 rings (SSSR count). The number of rotatable bonds is 5. The number of thiophene rings is 1. The standard InChI is InChI=1S/C10H10F2O2S/c1-2-6-3-4-9(15-6)7(13)5-8(14)10(11)12/h3-4,10H,2,5H2,1H3. The van der Waals surface area contributed by atoms with Crippen LogP contribution >= 0.6 is 11.3 Å². The number of Topliss-reactive ketones (excluding diaryl/α,β-unsaturated/α-hetero) is 2. The molecule has 0 N–H and O–H groups in total. The third kappa shape index (κ3) is 3.20. The molecule has 0 radical (unpaired) electrons. The molecule has 0 saturated carbocycles. The van der Waals surface area contributed by atoms with Crippen LogP contribution in [0.2, 0.25) is 0 Å². The third-order valence-electron chi connectivity index (χ3n) is 1.86. The predicted octanol–water partition coefficient (Wildman–Crippen LogP) is 2.72. The Balaban J connectivity index is 2.65. The summed E-state index contributed by atoms with van der Waals surface area (Å²) < 4.78 is 23.8. The van der Waals surface area contributed by atoms with Gasteiger partial charge in [-0.3, -0.25) is 9.59 Å². The molecule has 0 aliphatic heterocycles. The summed E-state index contributed by atoms with van der Waals surface area (Å²) >= 11 is 1.25. The Hall–Kier alpha value is -1.10. The monoisotopic (exact) mass is 232 g/mol. The zero-order valence-electron chi connectivity index (χ0n) is 8.13. The molecule has 0 bridgehead atoms. The lowest BCUT2D eigenvalue weighted by molar-refractivity contribution is -0.128. The summed E-state index contributed by atoms with van der Waals surface area (Å²) in [6.45, 7) is 1.93. The van der Waals surface area contributed by atoms with Crippen molar-refractivity contribution in [1.29, 1.82) is 0 Å². The van der Waals surface area contributed by atoms with E-state index in [0.717, 1.165) is 11.3 Å². The number of alkyl halides is 2. The molecule has 1 aromatic rings. The molecule has 82 valence electrons. The number of hydrogen-bond acceptors (Lipinski definition) is 3. The molecular formula is C10H10F2O2S. The SMILES string of the molecule is CCc1ccc(C(=O)CC(=O)C(F)F)s1. The van der Waals surface area contributed by atoms with E-state index in [1.54, 1.807) is 12.1 Å². The van der Waals surface area contributed by atoms with Crippen LogP contribution in [-0.4, -0.2) is 18.0 Å². The molecule has 0 saturated heterocycles. The van der Waals surface area contributed by atoms with Gasteiger partial charge >= 0.3 is 0 Å². The number of aryl methyl sites for hydroxylation is 1. The first kappa shape index (κ1) is 12.0. The molecule has 1 heterocycles. The molecule has 0 atom stereocenters. The maximum absolute atomic E-state index is 11.9. The van der Waals surface area contributed by atoms with Crippen LogP contribution in [0.5, 0.6) is 0 Å². The summed E-state index contributed by atoms with van der Waals surface area (Å²) in [5.41, 5.74) is 0. The second kappa shape index (κ2) is 5.11. The highest BCUT2D eigenvalue weighted by Crippen LogP contribution is 2.19. The molecule has 0 aromatic carbocycles. The summed E-state index contributed by atoms with van der Waals surface area (Å²) in [6, 6.07) is 3.34. The van der Waals surface area contributed by atoms with Crippen molar-refractivity contribution in [2.45, 2.75) is 26.2 Å². The van der Waals surface area contributed by atoms with Gasteiger partial charge in [0.2, 0.25) is 5.78 Å². The summed E-state index contributed by atoms with van der Waals surface area (Å²) in [7, 11) is 0. The van der Waals surface area contributed by atoms with E-state index in [0.29, 0.717) is 4.88 Å². The quantitative estimate of drug-likeness (QED) is 0.577. The Kier molecular flexibility index (Phi) is 4.08. The summed E-state index contributed by atoms with van der Waals surface area (Å²) in [6.07, 6.45) is -2.97. The minimum atomic E-state index is -3.06. The maximum atomic E-state index is 11.9. The highest BCUT2D eigenvalue weighted by molar-refractivity contribution is 7.14. The van der Waals surface area contributed by atoms with Crippen LogP contribution < -0.4 is 0 Å². The molecule has 0 fully saturated rings. The lowest BCUT2D eigenvalue weighted by atomic mass is 10.2. The zero-order chi connectivity index (χ0) is 11.4. The highest BCUT2D eigenvalue weighted by atomic mass is 32.1. The lowest BCUT2D eigenvalue weighted by Crippen LogP contribution is -2.14. The van der Waals surface area contributed by atoms with Crippen molar-refractivity contribution in [1.82, 2.24) is 0 Å². The van der Waals surface area contributed by atoms with E-state index in [-0.39, 0.29) is 0 Å². The van der Waals surface area contributed by atoms with E-state index in [9.17, 15) is 18.4 Å². The first-order valence-corrected chi connectivity index (χ1v) is 5.29. The van der Waals surface area contributed by atoms with Gasteiger partial charge in [-0.25, -0.2) is 8.78 Å². The predicted molar refractivity (Wildman–Crippen MR) is 53.7 cm³/mol. The first-order valence-electron chi connectivity index (χ1n) is 4.47. The molecule has 5 heteroatoms. The van der Waals surface area contributed by atoms with Gasteiger partial charge in [0, 0.05) is 4.88 Å². The molecule has 0 unspecified atom stereocenters. The van der Waals surface area contributed by atoms with Gasteiger partial charge in [-0.15, -0.1) is 11.3 Å². The van der Waals surface area contributed by atoms with Crippen LogP contribution in [0.1, 0.15) is 27.9 Å². The summed E-state index contributed by atoms with van der Waals surface area (Å²) in [5, 5.41) is 0. The van der Waals surface area contributed by atoms with Crippen molar-refractivity contribution in [3.8, 4) is 0 Å². The number of carbonyl (C=O) groups excluding carboxylic acids is 2. The van der Waals surface area contributed by atoms with Crippen LogP contribution in [0.25, 0.3) is 0 Å². The van der Waals surface area contributed by atoms with Gasteiger partial charge in [-0.1, -0.05) is 6.92 Å². The fourth-order valence-electron chi connectivity index (χ4n) is 1.04. The van der Waals surface area contributed by atoms with Gasteiger partial charge in [0.05, 0.1) is 11.3 Å². The highest BCUT2D eigenvalue weighted by Gasteiger charge is 2.20. The van der Waals surface area contributed by atoms with E-state index in [1.807, 2.05) is 6.92 Å². The van der Waals surface area contributed by atoms with Crippen molar-refractivity contribution in [3.63, 3.8) is 0 Å². The van der Waals surface area contributed by atoms with Crippen molar-refractivity contribution in [2.75, 3.05) is 0 Å². The Morgan fingerprint density at radius 1 is 1.40 bits per heavy atom. The van der Waals surface area contributed by atoms with E-state index < -0.39 is 24.4 Å².